The SMILES string of the molecule is CC(Nc1ccc(Cl)cc1)C(=O)NCC#N. The molecule has 0 radical (unpaired) electrons. The molecule has 1 atom stereocenters. The third kappa shape index (κ3) is 3.79. The van der Waals surface area contributed by atoms with Crippen LogP contribution < -0.4 is 10.6 Å². The Labute approximate surface area is 99.2 Å². The van der Waals surface area contributed by atoms with Gasteiger partial charge >= 0.3 is 0 Å². The monoisotopic (exact) mass is 237 g/mol. The van der Waals surface area contributed by atoms with Crippen LogP contribution in [0.2, 0.25) is 5.02 Å². The first-order valence-electron chi connectivity index (χ1n) is 4.80. The fourth-order valence-electron chi connectivity index (χ4n) is 1.14. The van der Waals surface area contributed by atoms with Crippen molar-refractivity contribution in [1.29, 1.82) is 5.26 Å². The van der Waals surface area contributed by atoms with Crippen molar-refractivity contribution in [2.24, 2.45) is 0 Å². The van der Waals surface area contributed by atoms with Crippen molar-refractivity contribution in [3.8, 4) is 6.07 Å². The molecule has 0 aliphatic carbocycles. The Kier molecular flexibility index (Phi) is 4.62. The molecule has 1 amide bonds. The quantitative estimate of drug-likeness (QED) is 0.785. The van der Waals surface area contributed by atoms with E-state index >= 15 is 0 Å². The lowest BCUT2D eigenvalue weighted by Crippen LogP contribution is -2.37. The van der Waals surface area contributed by atoms with E-state index in [4.69, 9.17) is 16.9 Å². The van der Waals surface area contributed by atoms with Gasteiger partial charge in [-0.25, -0.2) is 0 Å². The van der Waals surface area contributed by atoms with Gasteiger partial charge in [0.15, 0.2) is 0 Å². The maximum Gasteiger partial charge on any atom is 0.243 e. The van der Waals surface area contributed by atoms with Crippen LogP contribution in [0, 0.1) is 11.3 Å². The molecule has 16 heavy (non-hydrogen) atoms. The number of nitrogens with one attached hydrogen (secondary N) is 2. The molecule has 1 rings (SSSR count). The molecule has 0 fully saturated rings. The van der Waals surface area contributed by atoms with Crippen LogP contribution in [0.1, 0.15) is 6.92 Å². The summed E-state index contributed by atoms with van der Waals surface area (Å²) >= 11 is 5.74. The highest BCUT2D eigenvalue weighted by atomic mass is 35.5. The standard InChI is InChI=1S/C11H12ClN3O/c1-8(11(16)14-7-6-13)15-10-4-2-9(12)3-5-10/h2-5,8,15H,7H2,1H3,(H,14,16). The molecule has 0 heterocycles. The van der Waals surface area contributed by atoms with Crippen LogP contribution in [-0.2, 0) is 4.79 Å². The highest BCUT2D eigenvalue weighted by Gasteiger charge is 2.11. The minimum Gasteiger partial charge on any atom is -0.374 e. The van der Waals surface area contributed by atoms with E-state index in [1.165, 1.54) is 0 Å². The zero-order valence-electron chi connectivity index (χ0n) is 8.83. The van der Waals surface area contributed by atoms with Crippen LogP contribution in [0.4, 0.5) is 5.69 Å². The maximum absolute atomic E-state index is 11.4. The van der Waals surface area contributed by atoms with E-state index in [9.17, 15) is 4.79 Å². The number of nitriles is 1. The molecule has 0 saturated heterocycles. The van der Waals surface area contributed by atoms with E-state index in [2.05, 4.69) is 10.6 Å². The average molecular weight is 238 g/mol. The highest BCUT2D eigenvalue weighted by molar-refractivity contribution is 6.30. The second kappa shape index (κ2) is 5.99. The number of hydrogen-bond donors (Lipinski definition) is 2. The molecular formula is C11H12ClN3O. The van der Waals surface area contributed by atoms with Crippen molar-refractivity contribution in [2.75, 3.05) is 11.9 Å². The van der Waals surface area contributed by atoms with E-state index in [1.54, 1.807) is 31.2 Å². The lowest BCUT2D eigenvalue weighted by Gasteiger charge is -2.13. The van der Waals surface area contributed by atoms with Gasteiger partial charge in [0.25, 0.3) is 0 Å². The second-order valence-corrected chi connectivity index (χ2v) is 3.69. The summed E-state index contributed by atoms with van der Waals surface area (Å²) < 4.78 is 0. The van der Waals surface area contributed by atoms with Gasteiger partial charge in [-0.1, -0.05) is 11.6 Å². The van der Waals surface area contributed by atoms with Gasteiger partial charge in [0, 0.05) is 10.7 Å². The first-order valence-corrected chi connectivity index (χ1v) is 5.18. The minimum absolute atomic E-state index is 0.0193. The number of benzene rings is 1. The van der Waals surface area contributed by atoms with E-state index in [0.717, 1.165) is 5.69 Å². The van der Waals surface area contributed by atoms with Crippen LogP contribution in [0.25, 0.3) is 0 Å². The predicted molar refractivity (Wildman–Crippen MR) is 63.2 cm³/mol. The van der Waals surface area contributed by atoms with Gasteiger partial charge in [-0.15, -0.1) is 0 Å². The Bertz CT molecular complexity index is 397. The summed E-state index contributed by atoms with van der Waals surface area (Å²) in [6.07, 6.45) is 0. The van der Waals surface area contributed by atoms with Crippen molar-refractivity contribution in [2.45, 2.75) is 13.0 Å². The average Bonchev–Trinajstić information content (AvgIpc) is 2.29. The topological polar surface area (TPSA) is 64.9 Å². The normalized spacial score (nSPS) is 11.3. The smallest absolute Gasteiger partial charge is 0.243 e. The van der Waals surface area contributed by atoms with Crippen LogP contribution in [0.15, 0.2) is 24.3 Å². The number of nitrogens with zero attached hydrogens (tertiary/aromatic N) is 1. The van der Waals surface area contributed by atoms with Gasteiger partial charge in [-0.3, -0.25) is 4.79 Å². The molecule has 4 nitrogen and oxygen atoms in total. The minimum atomic E-state index is -0.394. The van der Waals surface area contributed by atoms with Crippen LogP contribution in [0.3, 0.4) is 0 Å². The largest absolute Gasteiger partial charge is 0.374 e. The maximum atomic E-state index is 11.4. The van der Waals surface area contributed by atoms with E-state index in [1.807, 2.05) is 6.07 Å². The molecular weight excluding hydrogens is 226 g/mol. The number of carbonyl (C=O) groups excluding carboxylic acids is 1. The molecule has 1 aromatic rings. The van der Waals surface area contributed by atoms with Crippen molar-refractivity contribution < 1.29 is 4.79 Å². The number of amides is 1. The molecule has 5 heteroatoms. The lowest BCUT2D eigenvalue weighted by atomic mass is 10.2. The fraction of sp³-hybridized carbons (Fsp3) is 0.273. The summed E-state index contributed by atoms with van der Waals surface area (Å²) in [5, 5.41) is 14.4. The Morgan fingerprint density at radius 2 is 2.12 bits per heavy atom. The summed E-state index contributed by atoms with van der Waals surface area (Å²) in [5.74, 6) is -0.212. The van der Waals surface area contributed by atoms with Crippen molar-refractivity contribution in [1.82, 2.24) is 5.32 Å². The molecule has 0 bridgehead atoms. The van der Waals surface area contributed by atoms with Crippen LogP contribution in [-0.4, -0.2) is 18.5 Å². The van der Waals surface area contributed by atoms with E-state index in [0.29, 0.717) is 5.02 Å². The number of rotatable bonds is 4. The van der Waals surface area contributed by atoms with Gasteiger partial charge in [-0.05, 0) is 31.2 Å². The van der Waals surface area contributed by atoms with Gasteiger partial charge in [0.1, 0.15) is 12.6 Å². The van der Waals surface area contributed by atoms with E-state index < -0.39 is 6.04 Å². The van der Waals surface area contributed by atoms with Gasteiger partial charge < -0.3 is 10.6 Å². The Morgan fingerprint density at radius 1 is 1.50 bits per heavy atom. The summed E-state index contributed by atoms with van der Waals surface area (Å²) in [6, 6.07) is 8.51. The van der Waals surface area contributed by atoms with Gasteiger partial charge in [-0.2, -0.15) is 5.26 Å². The molecule has 2 N–H and O–H groups in total. The van der Waals surface area contributed by atoms with Crippen molar-refractivity contribution in [3.05, 3.63) is 29.3 Å². The highest BCUT2D eigenvalue weighted by Crippen LogP contribution is 2.14. The molecule has 1 aromatic carbocycles. The molecule has 0 aliphatic rings. The Balaban J connectivity index is 2.51. The molecule has 84 valence electrons. The van der Waals surface area contributed by atoms with Crippen molar-refractivity contribution >= 4 is 23.2 Å². The molecule has 0 spiro atoms. The Hall–Kier alpha value is -1.73. The van der Waals surface area contributed by atoms with Gasteiger partial charge in [0.05, 0.1) is 6.07 Å². The van der Waals surface area contributed by atoms with Crippen LogP contribution in [0.5, 0.6) is 0 Å². The number of hydrogen-bond acceptors (Lipinski definition) is 3. The van der Waals surface area contributed by atoms with Crippen molar-refractivity contribution in [3.63, 3.8) is 0 Å². The summed E-state index contributed by atoms with van der Waals surface area (Å²) in [5.41, 5.74) is 0.809. The number of anilines is 1. The zero-order chi connectivity index (χ0) is 12.0. The van der Waals surface area contributed by atoms with E-state index in [-0.39, 0.29) is 12.5 Å². The molecule has 1 unspecified atom stereocenters. The summed E-state index contributed by atoms with van der Waals surface area (Å²) in [7, 11) is 0. The first kappa shape index (κ1) is 12.3. The molecule has 0 aliphatic heterocycles. The third-order valence-corrected chi connectivity index (χ3v) is 2.21. The zero-order valence-corrected chi connectivity index (χ0v) is 9.58. The third-order valence-electron chi connectivity index (χ3n) is 1.96. The molecule has 0 saturated carbocycles. The second-order valence-electron chi connectivity index (χ2n) is 3.25. The predicted octanol–water partition coefficient (Wildman–Crippen LogP) is 1.78. The number of halogens is 1. The first-order chi connectivity index (χ1) is 7.63. The molecule has 0 aromatic heterocycles. The van der Waals surface area contributed by atoms with Crippen LogP contribution >= 0.6 is 11.6 Å². The lowest BCUT2D eigenvalue weighted by molar-refractivity contribution is -0.121. The Morgan fingerprint density at radius 3 is 2.69 bits per heavy atom. The summed E-state index contributed by atoms with van der Waals surface area (Å²) in [4.78, 5) is 11.4. The summed E-state index contributed by atoms with van der Waals surface area (Å²) in [6.45, 7) is 1.74. The number of carbonyl (C=O) groups is 1. The fourth-order valence-corrected chi connectivity index (χ4v) is 1.27. The van der Waals surface area contributed by atoms with Gasteiger partial charge in [0.2, 0.25) is 5.91 Å².